The Bertz CT molecular complexity index is 330. The van der Waals surface area contributed by atoms with Crippen LogP contribution in [0.1, 0.15) is 6.42 Å². The van der Waals surface area contributed by atoms with Crippen LogP contribution in [0.4, 0.5) is 39.9 Å². The van der Waals surface area contributed by atoms with Crippen molar-refractivity contribution in [2.75, 3.05) is 13.2 Å². The van der Waals surface area contributed by atoms with Gasteiger partial charge in [-0.2, -0.15) is 26.3 Å². The number of hydrogen-bond acceptors (Lipinski definition) is 3. The second-order valence-corrected chi connectivity index (χ2v) is 4.40. The zero-order valence-electron chi connectivity index (χ0n) is 9.33. The van der Waals surface area contributed by atoms with Gasteiger partial charge in [0.05, 0.1) is 6.42 Å². The molecule has 0 rings (SSSR count). The van der Waals surface area contributed by atoms with Gasteiger partial charge in [0, 0.05) is 0 Å². The minimum Gasteiger partial charge on any atom is -0.434 e. The third-order valence-corrected chi connectivity index (χ3v) is 2.33. The second-order valence-electron chi connectivity index (χ2n) is 3.40. The molecule has 0 spiro atoms. The van der Waals surface area contributed by atoms with Crippen molar-refractivity contribution in [2.45, 2.75) is 29.5 Å². The Kier molecular flexibility index (Phi) is 6.49. The average Bonchev–Trinajstić information content (AvgIpc) is 2.24. The lowest BCUT2D eigenvalue weighted by Gasteiger charge is -2.21. The lowest BCUT2D eigenvalue weighted by atomic mass is 10.2. The summed E-state index contributed by atoms with van der Waals surface area (Å²) >= 11 is 1.40. The summed E-state index contributed by atoms with van der Waals surface area (Å²) in [5.41, 5.74) is 0. The van der Waals surface area contributed by atoms with Gasteiger partial charge in [0.15, 0.2) is 6.61 Å². The maximum absolute atomic E-state index is 12.6. The van der Waals surface area contributed by atoms with E-state index in [4.69, 9.17) is 0 Å². The van der Waals surface area contributed by atoms with Crippen molar-refractivity contribution >= 4 is 22.1 Å². The molecule has 0 aromatic heterocycles. The molecule has 0 aromatic carbocycles. The summed E-state index contributed by atoms with van der Waals surface area (Å²) in [6.45, 7) is -3.32. The van der Waals surface area contributed by atoms with Gasteiger partial charge in [0.25, 0.3) is 0 Å². The highest BCUT2D eigenvalue weighted by Gasteiger charge is 2.54. The Morgan fingerprint density at radius 1 is 1.05 bits per heavy atom. The number of hydrogen-bond donors (Lipinski definition) is 0. The smallest absolute Gasteiger partial charge is 0.434 e. The van der Waals surface area contributed by atoms with E-state index in [1.807, 2.05) is 0 Å². The SMILES string of the molecule is O=C(OCCC(F)(F)C(F)(F)Br)OCC(F)(F)C(F)F. The summed E-state index contributed by atoms with van der Waals surface area (Å²) in [5, 5.41) is 0. The van der Waals surface area contributed by atoms with Crippen LogP contribution in [0.25, 0.3) is 0 Å². The Morgan fingerprint density at radius 3 is 1.95 bits per heavy atom. The monoisotopic (exact) mass is 382 g/mol. The summed E-state index contributed by atoms with van der Waals surface area (Å²) in [7, 11) is 0. The molecule has 3 nitrogen and oxygen atoms in total. The van der Waals surface area contributed by atoms with Gasteiger partial charge < -0.3 is 9.47 Å². The maximum atomic E-state index is 12.6. The molecule has 0 N–H and O–H groups in total. The van der Waals surface area contributed by atoms with Crippen LogP contribution in [0.2, 0.25) is 0 Å². The first-order valence-corrected chi connectivity index (χ1v) is 5.49. The molecule has 0 atom stereocenters. The number of ether oxygens (including phenoxy) is 2. The quantitative estimate of drug-likeness (QED) is 0.378. The van der Waals surface area contributed by atoms with Crippen LogP contribution in [-0.4, -0.2) is 42.5 Å². The number of alkyl halides is 9. The zero-order valence-corrected chi connectivity index (χ0v) is 10.9. The molecule has 20 heavy (non-hydrogen) atoms. The van der Waals surface area contributed by atoms with Crippen molar-refractivity contribution in [2.24, 2.45) is 0 Å². The zero-order chi connectivity index (χ0) is 16.2. The molecule has 0 aliphatic rings. The molecule has 0 heterocycles. The van der Waals surface area contributed by atoms with Gasteiger partial charge in [-0.15, -0.1) is 0 Å². The first kappa shape index (κ1) is 19.2. The van der Waals surface area contributed by atoms with E-state index in [1.165, 1.54) is 15.9 Å². The molecule has 12 heteroatoms. The van der Waals surface area contributed by atoms with Gasteiger partial charge in [-0.3, -0.25) is 0 Å². The maximum Gasteiger partial charge on any atom is 0.508 e. The number of halogens is 9. The van der Waals surface area contributed by atoms with E-state index in [2.05, 4.69) is 9.47 Å². The fraction of sp³-hybridized carbons (Fsp3) is 0.875. The summed E-state index contributed by atoms with van der Waals surface area (Å²) in [6.07, 6.45) is -7.70. The molecular formula is C8H7BrF8O3. The van der Waals surface area contributed by atoms with Crippen molar-refractivity contribution in [3.05, 3.63) is 0 Å². The van der Waals surface area contributed by atoms with Gasteiger partial charge in [-0.05, 0) is 15.9 Å². The highest BCUT2D eigenvalue weighted by atomic mass is 79.9. The van der Waals surface area contributed by atoms with Gasteiger partial charge in [-0.25, -0.2) is 13.6 Å². The Morgan fingerprint density at radius 2 is 1.55 bits per heavy atom. The van der Waals surface area contributed by atoms with Crippen LogP contribution in [0.5, 0.6) is 0 Å². The standard InChI is InChI=1S/C8H7BrF8O3/c9-8(16,17)7(14,15)1-2-19-5(18)20-3-6(12,13)4(10)11/h4H,1-3H2. The molecule has 0 radical (unpaired) electrons. The van der Waals surface area contributed by atoms with Crippen molar-refractivity contribution in [1.29, 1.82) is 0 Å². The van der Waals surface area contributed by atoms with Crippen molar-refractivity contribution in [3.8, 4) is 0 Å². The summed E-state index contributed by atoms with van der Waals surface area (Å²) in [5.74, 6) is -9.20. The van der Waals surface area contributed by atoms with Crippen LogP contribution in [-0.2, 0) is 9.47 Å². The Hall–Kier alpha value is -0.810. The molecule has 0 unspecified atom stereocenters. The van der Waals surface area contributed by atoms with Crippen molar-refractivity contribution < 1.29 is 49.4 Å². The summed E-state index contributed by atoms with van der Waals surface area (Å²) < 4.78 is 105. The number of carbonyl (C=O) groups is 1. The van der Waals surface area contributed by atoms with E-state index in [9.17, 15) is 39.9 Å². The molecule has 0 fully saturated rings. The van der Waals surface area contributed by atoms with E-state index in [0.29, 0.717) is 0 Å². The average molecular weight is 383 g/mol. The lowest BCUT2D eigenvalue weighted by Crippen LogP contribution is -2.36. The molecule has 0 aromatic rings. The third-order valence-electron chi connectivity index (χ3n) is 1.75. The van der Waals surface area contributed by atoms with Crippen LogP contribution in [0.3, 0.4) is 0 Å². The summed E-state index contributed by atoms with van der Waals surface area (Å²) in [6, 6.07) is 0. The molecule has 120 valence electrons. The highest BCUT2D eigenvalue weighted by molar-refractivity contribution is 9.10. The van der Waals surface area contributed by atoms with Gasteiger partial charge in [-0.1, -0.05) is 0 Å². The number of rotatable bonds is 7. The fourth-order valence-corrected chi connectivity index (χ4v) is 0.862. The van der Waals surface area contributed by atoms with E-state index in [0.717, 1.165) is 0 Å². The molecule has 0 aliphatic heterocycles. The third kappa shape index (κ3) is 6.09. The van der Waals surface area contributed by atoms with Crippen LogP contribution < -0.4 is 0 Å². The fourth-order valence-electron chi connectivity index (χ4n) is 0.664. The largest absolute Gasteiger partial charge is 0.508 e. The Labute approximate surface area is 115 Å². The first-order valence-electron chi connectivity index (χ1n) is 4.69. The van der Waals surface area contributed by atoms with Gasteiger partial charge in [0.2, 0.25) is 0 Å². The second kappa shape index (κ2) is 6.76. The summed E-state index contributed by atoms with van der Waals surface area (Å²) in [4.78, 5) is 6.02. The minimum absolute atomic E-state index is 1.28. The molecule has 0 bridgehead atoms. The lowest BCUT2D eigenvalue weighted by molar-refractivity contribution is -0.165. The number of carbonyl (C=O) groups excluding carboxylic acids is 1. The topological polar surface area (TPSA) is 35.5 Å². The van der Waals surface area contributed by atoms with Gasteiger partial charge in [0.1, 0.15) is 6.61 Å². The van der Waals surface area contributed by atoms with Crippen molar-refractivity contribution in [3.63, 3.8) is 0 Å². The van der Waals surface area contributed by atoms with Crippen molar-refractivity contribution in [1.82, 2.24) is 0 Å². The van der Waals surface area contributed by atoms with Gasteiger partial charge >= 0.3 is 29.3 Å². The van der Waals surface area contributed by atoms with Crippen LogP contribution in [0.15, 0.2) is 0 Å². The highest BCUT2D eigenvalue weighted by Crippen LogP contribution is 2.41. The van der Waals surface area contributed by atoms with Crippen LogP contribution in [0, 0.1) is 0 Å². The molecule has 0 saturated carbocycles. The first-order chi connectivity index (χ1) is 8.79. The van der Waals surface area contributed by atoms with Crippen LogP contribution >= 0.6 is 15.9 Å². The molecule has 0 saturated heterocycles. The molecular weight excluding hydrogens is 376 g/mol. The molecule has 0 amide bonds. The molecule has 0 aliphatic carbocycles. The predicted molar refractivity (Wildman–Crippen MR) is 51.7 cm³/mol. The minimum atomic E-state index is -4.63. The predicted octanol–water partition coefficient (Wildman–Crippen LogP) is 4.05. The van der Waals surface area contributed by atoms with E-state index in [-0.39, 0.29) is 0 Å². The Balaban J connectivity index is 4.09. The van der Waals surface area contributed by atoms with E-state index >= 15 is 0 Å². The normalized spacial score (nSPS) is 13.5. The van der Waals surface area contributed by atoms with E-state index < -0.39 is 48.9 Å². The van der Waals surface area contributed by atoms with E-state index in [1.54, 1.807) is 0 Å².